The standard InChI is InChI=1S/C10H17N3O2/c1-2-14-10(5-3-4-6-10)9-12-8(7-11)15-13-9/h2-7,11H2,1H3. The molecule has 1 fully saturated rings. The van der Waals surface area contributed by atoms with E-state index >= 15 is 0 Å². The average molecular weight is 211 g/mol. The number of aromatic nitrogens is 2. The summed E-state index contributed by atoms with van der Waals surface area (Å²) in [6, 6.07) is 0. The smallest absolute Gasteiger partial charge is 0.240 e. The Kier molecular flexibility index (Phi) is 3.02. The molecule has 1 heterocycles. The van der Waals surface area contributed by atoms with Crippen LogP contribution >= 0.6 is 0 Å². The third-order valence-corrected chi connectivity index (χ3v) is 2.88. The molecule has 1 aromatic rings. The summed E-state index contributed by atoms with van der Waals surface area (Å²) in [5, 5.41) is 3.97. The number of ether oxygens (including phenoxy) is 1. The van der Waals surface area contributed by atoms with Crippen molar-refractivity contribution in [2.75, 3.05) is 6.61 Å². The van der Waals surface area contributed by atoms with E-state index in [9.17, 15) is 0 Å². The summed E-state index contributed by atoms with van der Waals surface area (Å²) in [6.45, 7) is 2.95. The van der Waals surface area contributed by atoms with Gasteiger partial charge in [0.1, 0.15) is 5.60 Å². The SMILES string of the molecule is CCOC1(c2noc(CN)n2)CCCC1. The summed E-state index contributed by atoms with van der Waals surface area (Å²) in [4.78, 5) is 4.27. The molecular weight excluding hydrogens is 194 g/mol. The number of rotatable bonds is 4. The van der Waals surface area contributed by atoms with E-state index < -0.39 is 0 Å². The van der Waals surface area contributed by atoms with Crippen molar-refractivity contribution in [1.82, 2.24) is 10.1 Å². The fourth-order valence-corrected chi connectivity index (χ4v) is 2.18. The molecule has 0 aromatic carbocycles. The van der Waals surface area contributed by atoms with Crippen molar-refractivity contribution >= 4 is 0 Å². The van der Waals surface area contributed by atoms with E-state index in [2.05, 4.69) is 10.1 Å². The Morgan fingerprint density at radius 1 is 1.47 bits per heavy atom. The number of hydrogen-bond donors (Lipinski definition) is 1. The first-order chi connectivity index (χ1) is 7.30. The van der Waals surface area contributed by atoms with Gasteiger partial charge in [-0.15, -0.1) is 0 Å². The van der Waals surface area contributed by atoms with Gasteiger partial charge in [-0.05, 0) is 32.6 Å². The summed E-state index contributed by atoms with van der Waals surface area (Å²) in [5.74, 6) is 1.15. The fraction of sp³-hybridized carbons (Fsp3) is 0.800. The van der Waals surface area contributed by atoms with Crippen LogP contribution in [0.4, 0.5) is 0 Å². The molecule has 2 rings (SSSR count). The van der Waals surface area contributed by atoms with Gasteiger partial charge in [-0.1, -0.05) is 5.16 Å². The predicted molar refractivity (Wildman–Crippen MR) is 54.0 cm³/mol. The van der Waals surface area contributed by atoms with Gasteiger partial charge in [0.15, 0.2) is 0 Å². The van der Waals surface area contributed by atoms with E-state index in [1.165, 1.54) is 0 Å². The van der Waals surface area contributed by atoms with Gasteiger partial charge >= 0.3 is 0 Å². The minimum Gasteiger partial charge on any atom is -0.367 e. The molecule has 0 radical (unpaired) electrons. The lowest BCUT2D eigenvalue weighted by atomic mass is 10.0. The van der Waals surface area contributed by atoms with Gasteiger partial charge < -0.3 is 15.0 Å². The van der Waals surface area contributed by atoms with Gasteiger partial charge in [0.05, 0.1) is 6.54 Å². The lowest BCUT2D eigenvalue weighted by Crippen LogP contribution is -2.27. The van der Waals surface area contributed by atoms with Crippen LogP contribution in [-0.4, -0.2) is 16.7 Å². The van der Waals surface area contributed by atoms with Crippen LogP contribution in [0.2, 0.25) is 0 Å². The molecule has 1 aliphatic carbocycles. The van der Waals surface area contributed by atoms with Crippen LogP contribution in [0.3, 0.4) is 0 Å². The molecule has 0 unspecified atom stereocenters. The number of nitrogens with zero attached hydrogens (tertiary/aromatic N) is 2. The Labute approximate surface area is 89.0 Å². The zero-order valence-electron chi connectivity index (χ0n) is 9.03. The molecule has 0 bridgehead atoms. The summed E-state index contributed by atoms with van der Waals surface area (Å²) < 4.78 is 10.8. The molecule has 1 aliphatic rings. The first-order valence-electron chi connectivity index (χ1n) is 5.48. The van der Waals surface area contributed by atoms with Gasteiger partial charge in [0, 0.05) is 6.61 Å². The van der Waals surface area contributed by atoms with Gasteiger partial charge in [0.25, 0.3) is 0 Å². The normalized spacial score (nSPS) is 19.6. The highest BCUT2D eigenvalue weighted by Gasteiger charge is 2.40. The largest absolute Gasteiger partial charge is 0.367 e. The van der Waals surface area contributed by atoms with Crippen LogP contribution < -0.4 is 5.73 Å². The Bertz CT molecular complexity index is 318. The molecule has 1 saturated carbocycles. The minimum atomic E-state index is -0.314. The minimum absolute atomic E-state index is 0.287. The monoisotopic (exact) mass is 211 g/mol. The van der Waals surface area contributed by atoms with E-state index in [-0.39, 0.29) is 12.1 Å². The first-order valence-corrected chi connectivity index (χ1v) is 5.48. The molecule has 5 nitrogen and oxygen atoms in total. The highest BCUT2D eigenvalue weighted by Crippen LogP contribution is 2.40. The Balaban J connectivity index is 2.23. The third-order valence-electron chi connectivity index (χ3n) is 2.88. The van der Waals surface area contributed by atoms with Gasteiger partial charge in [0.2, 0.25) is 11.7 Å². The van der Waals surface area contributed by atoms with Crippen LogP contribution in [0.15, 0.2) is 4.52 Å². The molecule has 0 atom stereocenters. The van der Waals surface area contributed by atoms with Gasteiger partial charge in [-0.3, -0.25) is 0 Å². The van der Waals surface area contributed by atoms with Crippen molar-refractivity contribution in [3.8, 4) is 0 Å². The third kappa shape index (κ3) is 1.89. The number of hydrogen-bond acceptors (Lipinski definition) is 5. The van der Waals surface area contributed by atoms with Crippen molar-refractivity contribution in [2.24, 2.45) is 5.73 Å². The average Bonchev–Trinajstić information content (AvgIpc) is 2.85. The van der Waals surface area contributed by atoms with Crippen molar-refractivity contribution in [3.63, 3.8) is 0 Å². The molecular formula is C10H17N3O2. The molecule has 84 valence electrons. The first kappa shape index (κ1) is 10.6. The molecule has 0 spiro atoms. The fourth-order valence-electron chi connectivity index (χ4n) is 2.18. The van der Waals surface area contributed by atoms with Crippen molar-refractivity contribution in [1.29, 1.82) is 0 Å². The van der Waals surface area contributed by atoms with Crippen molar-refractivity contribution < 1.29 is 9.26 Å². The lowest BCUT2D eigenvalue weighted by Gasteiger charge is -2.24. The van der Waals surface area contributed by atoms with E-state index in [1.54, 1.807) is 0 Å². The second-order valence-corrected chi connectivity index (χ2v) is 3.85. The number of nitrogens with two attached hydrogens (primary N) is 1. The summed E-state index contributed by atoms with van der Waals surface area (Å²) in [5.41, 5.74) is 5.13. The highest BCUT2D eigenvalue weighted by molar-refractivity contribution is 5.04. The van der Waals surface area contributed by atoms with Gasteiger partial charge in [-0.25, -0.2) is 0 Å². The lowest BCUT2D eigenvalue weighted by molar-refractivity contribution is -0.0469. The van der Waals surface area contributed by atoms with E-state index in [0.717, 1.165) is 25.7 Å². The molecule has 0 saturated heterocycles. The molecule has 2 N–H and O–H groups in total. The molecule has 0 amide bonds. The van der Waals surface area contributed by atoms with Crippen LogP contribution in [0.5, 0.6) is 0 Å². The van der Waals surface area contributed by atoms with E-state index in [1.807, 2.05) is 6.92 Å². The quantitative estimate of drug-likeness (QED) is 0.813. The maximum atomic E-state index is 5.81. The van der Waals surface area contributed by atoms with Crippen molar-refractivity contribution in [3.05, 3.63) is 11.7 Å². The molecule has 1 aromatic heterocycles. The van der Waals surface area contributed by atoms with E-state index in [0.29, 0.717) is 18.3 Å². The molecule has 5 heteroatoms. The van der Waals surface area contributed by atoms with Crippen LogP contribution in [0.25, 0.3) is 0 Å². The summed E-state index contributed by atoms with van der Waals surface area (Å²) in [6.07, 6.45) is 4.27. The summed E-state index contributed by atoms with van der Waals surface area (Å²) in [7, 11) is 0. The van der Waals surface area contributed by atoms with Crippen LogP contribution in [0.1, 0.15) is 44.3 Å². The second-order valence-electron chi connectivity index (χ2n) is 3.85. The zero-order chi connectivity index (χ0) is 10.7. The van der Waals surface area contributed by atoms with E-state index in [4.69, 9.17) is 15.0 Å². The summed E-state index contributed by atoms with van der Waals surface area (Å²) >= 11 is 0. The van der Waals surface area contributed by atoms with Gasteiger partial charge in [-0.2, -0.15) is 4.98 Å². The Morgan fingerprint density at radius 2 is 2.20 bits per heavy atom. The van der Waals surface area contributed by atoms with Crippen LogP contribution in [0, 0.1) is 0 Å². The van der Waals surface area contributed by atoms with Crippen molar-refractivity contribution in [2.45, 2.75) is 44.8 Å². The highest BCUT2D eigenvalue weighted by atomic mass is 16.5. The second kappa shape index (κ2) is 4.28. The molecule has 0 aliphatic heterocycles. The Hall–Kier alpha value is -0.940. The predicted octanol–water partition coefficient (Wildman–Crippen LogP) is 1.33. The van der Waals surface area contributed by atoms with Crippen LogP contribution in [-0.2, 0) is 16.9 Å². The topological polar surface area (TPSA) is 74.2 Å². The maximum absolute atomic E-state index is 5.81. The molecule has 15 heavy (non-hydrogen) atoms. The maximum Gasteiger partial charge on any atom is 0.240 e. The Morgan fingerprint density at radius 3 is 2.73 bits per heavy atom. The zero-order valence-corrected chi connectivity index (χ0v) is 9.03.